The average molecular weight is 317 g/mol. The van der Waals surface area contributed by atoms with Crippen LogP contribution >= 0.6 is 0 Å². The van der Waals surface area contributed by atoms with Gasteiger partial charge in [0.25, 0.3) is 5.91 Å². The van der Waals surface area contributed by atoms with Gasteiger partial charge in [-0.3, -0.25) is 4.79 Å². The van der Waals surface area contributed by atoms with Crippen LogP contribution in [0.15, 0.2) is 54.7 Å². The predicted molar refractivity (Wildman–Crippen MR) is 78.9 cm³/mol. The van der Waals surface area contributed by atoms with Crippen LogP contribution in [-0.4, -0.2) is 15.9 Å². The van der Waals surface area contributed by atoms with Crippen LogP contribution in [0, 0.1) is 0 Å². The van der Waals surface area contributed by atoms with Gasteiger partial charge in [-0.1, -0.05) is 6.07 Å². The third-order valence-electron chi connectivity index (χ3n) is 3.14. The highest BCUT2D eigenvalue weighted by Gasteiger charge is 2.30. The second-order valence-electron chi connectivity index (χ2n) is 4.78. The summed E-state index contributed by atoms with van der Waals surface area (Å²) in [6.45, 7) is 0. The summed E-state index contributed by atoms with van der Waals surface area (Å²) in [6, 6.07) is 11.1. The molecule has 0 aliphatic heterocycles. The first-order valence-corrected chi connectivity index (χ1v) is 6.64. The molecule has 0 aliphatic carbocycles. The number of hydrogen-bond acceptors (Lipinski definition) is 3. The normalized spacial score (nSPS) is 11.4. The van der Waals surface area contributed by atoms with Crippen LogP contribution in [0.3, 0.4) is 0 Å². The summed E-state index contributed by atoms with van der Waals surface area (Å²) in [7, 11) is 0. The number of carbonyl (C=O) groups is 1. The van der Waals surface area contributed by atoms with Crippen molar-refractivity contribution in [3.8, 4) is 0 Å². The van der Waals surface area contributed by atoms with Gasteiger partial charge in [-0.15, -0.1) is 0 Å². The van der Waals surface area contributed by atoms with Crippen molar-refractivity contribution in [2.24, 2.45) is 0 Å². The number of amides is 1. The fourth-order valence-electron chi connectivity index (χ4n) is 2.05. The van der Waals surface area contributed by atoms with Crippen molar-refractivity contribution in [3.63, 3.8) is 0 Å². The fourth-order valence-corrected chi connectivity index (χ4v) is 2.05. The topological polar surface area (TPSA) is 54.9 Å². The summed E-state index contributed by atoms with van der Waals surface area (Å²) in [4.78, 5) is 20.3. The van der Waals surface area contributed by atoms with Gasteiger partial charge in [0.15, 0.2) is 5.65 Å². The van der Waals surface area contributed by atoms with Crippen molar-refractivity contribution in [2.75, 3.05) is 5.32 Å². The molecule has 2 aromatic heterocycles. The van der Waals surface area contributed by atoms with E-state index in [1.54, 1.807) is 24.4 Å². The number of pyridine rings is 2. The lowest BCUT2D eigenvalue weighted by Gasteiger charge is -2.09. The number of alkyl halides is 3. The van der Waals surface area contributed by atoms with Crippen molar-refractivity contribution in [1.29, 1.82) is 0 Å². The summed E-state index contributed by atoms with van der Waals surface area (Å²) in [5, 5.41) is 3.17. The lowest BCUT2D eigenvalue weighted by atomic mass is 10.2. The number of rotatable bonds is 2. The molecule has 1 aromatic carbocycles. The third kappa shape index (κ3) is 3.28. The smallest absolute Gasteiger partial charge is 0.321 e. The summed E-state index contributed by atoms with van der Waals surface area (Å²) >= 11 is 0. The highest BCUT2D eigenvalue weighted by molar-refractivity contribution is 6.03. The van der Waals surface area contributed by atoms with Crippen molar-refractivity contribution >= 4 is 22.6 Å². The molecule has 0 spiro atoms. The van der Waals surface area contributed by atoms with E-state index in [2.05, 4.69) is 15.3 Å². The molecule has 0 atom stereocenters. The van der Waals surface area contributed by atoms with Crippen LogP contribution in [0.5, 0.6) is 0 Å². The molecule has 0 saturated carbocycles. The molecule has 116 valence electrons. The maximum Gasteiger partial charge on any atom is 0.416 e. The lowest BCUT2D eigenvalue weighted by Crippen LogP contribution is -2.14. The van der Waals surface area contributed by atoms with E-state index in [4.69, 9.17) is 0 Å². The molecule has 23 heavy (non-hydrogen) atoms. The molecule has 0 aliphatic rings. The number of anilines is 1. The molecule has 3 aromatic rings. The Labute approximate surface area is 129 Å². The summed E-state index contributed by atoms with van der Waals surface area (Å²) in [6.07, 6.45) is -2.92. The van der Waals surface area contributed by atoms with Crippen molar-refractivity contribution in [2.45, 2.75) is 6.18 Å². The first kappa shape index (κ1) is 15.0. The standard InChI is InChI=1S/C16H10F3N3O/c17-16(18,19)11-4-1-5-12(9-11)21-15(23)13-7-6-10-3-2-8-20-14(10)22-13/h1-9H,(H,21,23). The molecule has 0 fully saturated rings. The Kier molecular flexibility index (Phi) is 3.69. The molecule has 0 saturated heterocycles. The van der Waals surface area contributed by atoms with Gasteiger partial charge < -0.3 is 5.32 Å². The second-order valence-corrected chi connectivity index (χ2v) is 4.78. The van der Waals surface area contributed by atoms with Crippen molar-refractivity contribution in [1.82, 2.24) is 9.97 Å². The Morgan fingerprint density at radius 1 is 1.04 bits per heavy atom. The molecule has 4 nitrogen and oxygen atoms in total. The van der Waals surface area contributed by atoms with Crippen LogP contribution in [0.2, 0.25) is 0 Å². The highest BCUT2D eigenvalue weighted by Crippen LogP contribution is 2.30. The van der Waals surface area contributed by atoms with E-state index in [9.17, 15) is 18.0 Å². The number of fused-ring (bicyclic) bond motifs is 1. The van der Waals surface area contributed by atoms with Gasteiger partial charge in [-0.25, -0.2) is 9.97 Å². The maximum absolute atomic E-state index is 12.7. The number of carbonyl (C=O) groups excluding carboxylic acids is 1. The molecule has 2 heterocycles. The quantitative estimate of drug-likeness (QED) is 0.780. The largest absolute Gasteiger partial charge is 0.416 e. The van der Waals surface area contributed by atoms with Gasteiger partial charge in [0.2, 0.25) is 0 Å². The van der Waals surface area contributed by atoms with E-state index >= 15 is 0 Å². The molecule has 0 bridgehead atoms. The Hall–Kier alpha value is -2.96. The molecule has 1 N–H and O–H groups in total. The SMILES string of the molecule is O=C(Nc1cccc(C(F)(F)F)c1)c1ccc2cccnc2n1. The Bertz CT molecular complexity index is 878. The van der Waals surface area contributed by atoms with Crippen LogP contribution in [0.4, 0.5) is 18.9 Å². The molecule has 1 amide bonds. The summed E-state index contributed by atoms with van der Waals surface area (Å²) in [5.41, 5.74) is -0.311. The van der Waals surface area contributed by atoms with Crippen molar-refractivity contribution in [3.05, 3.63) is 66.0 Å². The van der Waals surface area contributed by atoms with E-state index in [-0.39, 0.29) is 11.4 Å². The summed E-state index contributed by atoms with van der Waals surface area (Å²) in [5.74, 6) is -0.600. The van der Waals surface area contributed by atoms with E-state index in [0.29, 0.717) is 5.65 Å². The third-order valence-corrected chi connectivity index (χ3v) is 3.14. The van der Waals surface area contributed by atoms with Gasteiger partial charge in [0.1, 0.15) is 5.69 Å². The van der Waals surface area contributed by atoms with Gasteiger partial charge in [-0.05, 0) is 42.5 Å². The van der Waals surface area contributed by atoms with Crippen LogP contribution < -0.4 is 5.32 Å². The van der Waals surface area contributed by atoms with E-state index in [1.165, 1.54) is 18.2 Å². The van der Waals surface area contributed by atoms with Gasteiger partial charge in [-0.2, -0.15) is 13.2 Å². The molecule has 7 heteroatoms. The predicted octanol–water partition coefficient (Wildman–Crippen LogP) is 3.90. The first-order chi connectivity index (χ1) is 10.9. The van der Waals surface area contributed by atoms with Gasteiger partial charge in [0, 0.05) is 17.3 Å². The number of halogens is 3. The highest BCUT2D eigenvalue weighted by atomic mass is 19.4. The van der Waals surface area contributed by atoms with E-state index in [0.717, 1.165) is 17.5 Å². The Morgan fingerprint density at radius 3 is 2.65 bits per heavy atom. The summed E-state index contributed by atoms with van der Waals surface area (Å²) < 4.78 is 38.0. The monoisotopic (exact) mass is 317 g/mol. The average Bonchev–Trinajstić information content (AvgIpc) is 2.54. The number of nitrogens with one attached hydrogen (secondary N) is 1. The zero-order chi connectivity index (χ0) is 16.4. The Balaban J connectivity index is 1.86. The minimum Gasteiger partial charge on any atom is -0.321 e. The van der Waals surface area contributed by atoms with Crippen molar-refractivity contribution < 1.29 is 18.0 Å². The number of hydrogen-bond donors (Lipinski definition) is 1. The molecule has 3 rings (SSSR count). The number of aromatic nitrogens is 2. The van der Waals surface area contributed by atoms with Gasteiger partial charge >= 0.3 is 6.18 Å². The van der Waals surface area contributed by atoms with Crippen LogP contribution in [0.25, 0.3) is 11.0 Å². The minimum atomic E-state index is -4.47. The second kappa shape index (κ2) is 5.68. The maximum atomic E-state index is 12.7. The molecular weight excluding hydrogens is 307 g/mol. The van der Waals surface area contributed by atoms with Gasteiger partial charge in [0.05, 0.1) is 5.56 Å². The number of nitrogens with zero attached hydrogens (tertiary/aromatic N) is 2. The minimum absolute atomic E-state index is 0.0488. The van der Waals surface area contributed by atoms with Crippen LogP contribution in [-0.2, 0) is 6.18 Å². The van der Waals surface area contributed by atoms with E-state index in [1.807, 2.05) is 0 Å². The van der Waals surface area contributed by atoms with Crippen LogP contribution in [0.1, 0.15) is 16.1 Å². The molecule has 0 radical (unpaired) electrons. The van der Waals surface area contributed by atoms with E-state index < -0.39 is 17.6 Å². The first-order valence-electron chi connectivity index (χ1n) is 6.64. The zero-order valence-electron chi connectivity index (χ0n) is 11.6. The fraction of sp³-hybridized carbons (Fsp3) is 0.0625. The number of benzene rings is 1. The zero-order valence-corrected chi connectivity index (χ0v) is 11.6. The molecule has 0 unspecified atom stereocenters. The molecular formula is C16H10F3N3O. The lowest BCUT2D eigenvalue weighted by molar-refractivity contribution is -0.137. The Morgan fingerprint density at radius 2 is 1.87 bits per heavy atom.